The van der Waals surface area contributed by atoms with Crippen LogP contribution in [-0.4, -0.2) is 22.6 Å². The molecule has 0 saturated heterocycles. The summed E-state index contributed by atoms with van der Waals surface area (Å²) in [4.78, 5) is 4.71. The van der Waals surface area contributed by atoms with Crippen LogP contribution < -0.4 is 15.2 Å². The van der Waals surface area contributed by atoms with Gasteiger partial charge in [0.2, 0.25) is 0 Å². The van der Waals surface area contributed by atoms with Crippen molar-refractivity contribution >= 4 is 11.3 Å². The fourth-order valence-corrected chi connectivity index (χ4v) is 2.50. The fourth-order valence-electron chi connectivity index (χ4n) is 2.50. The van der Waals surface area contributed by atoms with Crippen LogP contribution in [0.5, 0.6) is 11.5 Å². The standard InChI is InChI=1S/C19H23N3O2/c1-3-10-23-17-8-7-14(12-15(17)20)16-13-22-9-5-6-18(19(22)21-16)24-11-4-2/h5-9,12-13H,3-4,10-11,20H2,1-2H3. The first kappa shape index (κ1) is 16.2. The van der Waals surface area contributed by atoms with Crippen LogP contribution in [0.3, 0.4) is 0 Å². The Balaban J connectivity index is 1.93. The van der Waals surface area contributed by atoms with E-state index in [1.165, 1.54) is 0 Å². The number of nitrogen functional groups attached to an aromatic ring is 1. The van der Waals surface area contributed by atoms with Crippen molar-refractivity contribution in [3.63, 3.8) is 0 Å². The van der Waals surface area contributed by atoms with Crippen molar-refractivity contribution < 1.29 is 9.47 Å². The van der Waals surface area contributed by atoms with E-state index in [-0.39, 0.29) is 0 Å². The molecule has 0 unspecified atom stereocenters. The first-order valence-corrected chi connectivity index (χ1v) is 8.36. The number of aromatic nitrogens is 2. The van der Waals surface area contributed by atoms with Gasteiger partial charge in [0.1, 0.15) is 5.75 Å². The quantitative estimate of drug-likeness (QED) is 0.663. The molecule has 3 rings (SSSR count). The predicted molar refractivity (Wildman–Crippen MR) is 96.6 cm³/mol. The molecule has 0 atom stereocenters. The van der Waals surface area contributed by atoms with Gasteiger partial charge in [-0.2, -0.15) is 0 Å². The van der Waals surface area contributed by atoms with Gasteiger partial charge in [0.05, 0.1) is 24.6 Å². The largest absolute Gasteiger partial charge is 0.491 e. The van der Waals surface area contributed by atoms with Gasteiger partial charge >= 0.3 is 0 Å². The van der Waals surface area contributed by atoms with Gasteiger partial charge in [-0.1, -0.05) is 13.8 Å². The summed E-state index contributed by atoms with van der Waals surface area (Å²) in [5.41, 5.74) is 9.36. The van der Waals surface area contributed by atoms with Crippen molar-refractivity contribution in [2.75, 3.05) is 18.9 Å². The Morgan fingerprint density at radius 2 is 1.79 bits per heavy atom. The molecule has 0 saturated carbocycles. The third-order valence-corrected chi connectivity index (χ3v) is 3.68. The first-order chi connectivity index (χ1) is 11.7. The Kier molecular flexibility index (Phi) is 4.89. The average molecular weight is 325 g/mol. The van der Waals surface area contributed by atoms with Gasteiger partial charge in [0.25, 0.3) is 0 Å². The number of nitrogens with zero attached hydrogens (tertiary/aromatic N) is 2. The Hall–Kier alpha value is -2.69. The highest BCUT2D eigenvalue weighted by atomic mass is 16.5. The van der Waals surface area contributed by atoms with E-state index in [4.69, 9.17) is 20.2 Å². The minimum absolute atomic E-state index is 0.625. The molecule has 2 heterocycles. The predicted octanol–water partition coefficient (Wildman–Crippen LogP) is 4.16. The molecule has 0 fully saturated rings. The summed E-state index contributed by atoms with van der Waals surface area (Å²) in [6.07, 6.45) is 5.86. The second kappa shape index (κ2) is 7.25. The Morgan fingerprint density at radius 1 is 1.04 bits per heavy atom. The number of ether oxygens (including phenoxy) is 2. The maximum absolute atomic E-state index is 6.11. The number of rotatable bonds is 7. The lowest BCUT2D eigenvalue weighted by Gasteiger charge is -2.08. The van der Waals surface area contributed by atoms with Crippen molar-refractivity contribution in [1.82, 2.24) is 9.38 Å². The molecule has 2 N–H and O–H groups in total. The normalized spacial score (nSPS) is 10.9. The van der Waals surface area contributed by atoms with E-state index in [2.05, 4.69) is 13.8 Å². The molecule has 0 aliphatic rings. The van der Waals surface area contributed by atoms with Crippen molar-refractivity contribution in [2.45, 2.75) is 26.7 Å². The smallest absolute Gasteiger partial charge is 0.180 e. The van der Waals surface area contributed by atoms with Crippen molar-refractivity contribution in [3.8, 4) is 22.8 Å². The zero-order valence-corrected chi connectivity index (χ0v) is 14.2. The highest BCUT2D eigenvalue weighted by molar-refractivity contribution is 5.71. The maximum atomic E-state index is 6.11. The van der Waals surface area contributed by atoms with Gasteiger partial charge in [-0.15, -0.1) is 0 Å². The van der Waals surface area contributed by atoms with Crippen LogP contribution in [0.1, 0.15) is 26.7 Å². The molecule has 5 heteroatoms. The lowest BCUT2D eigenvalue weighted by molar-refractivity contribution is 0.319. The number of fused-ring (bicyclic) bond motifs is 1. The molecule has 126 valence electrons. The molecular formula is C19H23N3O2. The number of hydrogen-bond donors (Lipinski definition) is 1. The summed E-state index contributed by atoms with van der Waals surface area (Å²) in [5, 5.41) is 0. The summed E-state index contributed by atoms with van der Waals surface area (Å²) in [5.74, 6) is 1.51. The molecule has 0 aliphatic heterocycles. The zero-order chi connectivity index (χ0) is 16.9. The molecule has 2 aromatic heterocycles. The zero-order valence-electron chi connectivity index (χ0n) is 14.2. The number of benzene rings is 1. The molecule has 0 spiro atoms. The Bertz CT molecular complexity index is 827. The van der Waals surface area contributed by atoms with E-state index >= 15 is 0 Å². The summed E-state index contributed by atoms with van der Waals surface area (Å²) >= 11 is 0. The molecule has 1 aromatic carbocycles. The number of imidazole rings is 1. The second-order valence-electron chi connectivity index (χ2n) is 5.68. The topological polar surface area (TPSA) is 61.8 Å². The third-order valence-electron chi connectivity index (χ3n) is 3.68. The minimum Gasteiger partial charge on any atom is -0.491 e. The van der Waals surface area contributed by atoms with Gasteiger partial charge < -0.3 is 19.6 Å². The van der Waals surface area contributed by atoms with Gasteiger partial charge in [-0.3, -0.25) is 0 Å². The van der Waals surface area contributed by atoms with E-state index in [0.29, 0.717) is 18.9 Å². The summed E-state index contributed by atoms with van der Waals surface area (Å²) in [6.45, 7) is 5.50. The highest BCUT2D eigenvalue weighted by Gasteiger charge is 2.10. The van der Waals surface area contributed by atoms with Crippen LogP contribution in [0.25, 0.3) is 16.9 Å². The van der Waals surface area contributed by atoms with E-state index in [0.717, 1.165) is 41.2 Å². The minimum atomic E-state index is 0.625. The Morgan fingerprint density at radius 3 is 2.50 bits per heavy atom. The molecule has 24 heavy (non-hydrogen) atoms. The van der Waals surface area contributed by atoms with Gasteiger partial charge in [-0.25, -0.2) is 4.98 Å². The molecule has 5 nitrogen and oxygen atoms in total. The van der Waals surface area contributed by atoms with Gasteiger partial charge in [-0.05, 0) is 43.2 Å². The third kappa shape index (κ3) is 3.30. The first-order valence-electron chi connectivity index (χ1n) is 8.36. The summed E-state index contributed by atoms with van der Waals surface area (Å²) in [7, 11) is 0. The molecule has 0 aliphatic carbocycles. The second-order valence-corrected chi connectivity index (χ2v) is 5.68. The molecule has 0 bridgehead atoms. The van der Waals surface area contributed by atoms with Crippen LogP contribution in [0, 0.1) is 0 Å². The van der Waals surface area contributed by atoms with E-state index in [1.807, 2.05) is 47.1 Å². The van der Waals surface area contributed by atoms with Crippen LogP contribution >= 0.6 is 0 Å². The van der Waals surface area contributed by atoms with Crippen molar-refractivity contribution in [3.05, 3.63) is 42.7 Å². The van der Waals surface area contributed by atoms with Crippen LogP contribution in [0.2, 0.25) is 0 Å². The molecular weight excluding hydrogens is 302 g/mol. The molecule has 0 radical (unpaired) electrons. The number of pyridine rings is 1. The van der Waals surface area contributed by atoms with Crippen LogP contribution in [0.4, 0.5) is 5.69 Å². The van der Waals surface area contributed by atoms with Crippen LogP contribution in [0.15, 0.2) is 42.7 Å². The van der Waals surface area contributed by atoms with E-state index < -0.39 is 0 Å². The number of nitrogens with two attached hydrogens (primary N) is 1. The lowest BCUT2D eigenvalue weighted by atomic mass is 10.1. The lowest BCUT2D eigenvalue weighted by Crippen LogP contribution is -1.99. The highest BCUT2D eigenvalue weighted by Crippen LogP contribution is 2.30. The monoisotopic (exact) mass is 325 g/mol. The average Bonchev–Trinajstić information content (AvgIpc) is 3.03. The summed E-state index contributed by atoms with van der Waals surface area (Å²) in [6, 6.07) is 9.69. The van der Waals surface area contributed by atoms with Crippen molar-refractivity contribution in [1.29, 1.82) is 0 Å². The number of anilines is 1. The molecule has 0 amide bonds. The fraction of sp³-hybridized carbons (Fsp3) is 0.316. The molecule has 3 aromatic rings. The maximum Gasteiger partial charge on any atom is 0.180 e. The van der Waals surface area contributed by atoms with E-state index in [1.54, 1.807) is 0 Å². The van der Waals surface area contributed by atoms with Crippen LogP contribution in [-0.2, 0) is 0 Å². The van der Waals surface area contributed by atoms with Gasteiger partial charge in [0, 0.05) is 18.0 Å². The SMILES string of the molecule is CCCOc1ccc(-c2cn3cccc(OCCC)c3n2)cc1N. The van der Waals surface area contributed by atoms with E-state index in [9.17, 15) is 0 Å². The Labute approximate surface area is 142 Å². The number of hydrogen-bond acceptors (Lipinski definition) is 4. The van der Waals surface area contributed by atoms with Crippen molar-refractivity contribution in [2.24, 2.45) is 0 Å². The van der Waals surface area contributed by atoms with Gasteiger partial charge in [0.15, 0.2) is 11.4 Å². The summed E-state index contributed by atoms with van der Waals surface area (Å²) < 4.78 is 13.4.